The summed E-state index contributed by atoms with van der Waals surface area (Å²) in [6.45, 7) is 4.53. The Morgan fingerprint density at radius 3 is 1.11 bits per heavy atom. The van der Waals surface area contributed by atoms with Gasteiger partial charge in [0.05, 0.1) is 39.9 Å². The molecule has 8 nitrogen and oxygen atoms in total. The topological polar surface area (TPSA) is 108 Å². The molecule has 84 heavy (non-hydrogen) atoms. The molecule has 488 valence electrons. The number of nitrogens with zero attached hydrogens (tertiary/aromatic N) is 1. The zero-order chi connectivity index (χ0) is 61.2. The smallest absolute Gasteiger partial charge is 0.268 e. The number of unbranched alkanes of at least 4 members (excludes halogenated alkanes) is 38. The van der Waals surface area contributed by atoms with Crippen molar-refractivity contribution in [2.75, 3.05) is 40.9 Å². The lowest BCUT2D eigenvalue weighted by Gasteiger charge is -2.29. The Morgan fingerprint density at radius 1 is 0.429 bits per heavy atom. The van der Waals surface area contributed by atoms with Crippen molar-refractivity contribution < 1.29 is 32.9 Å². The first kappa shape index (κ1) is 81.4. The predicted octanol–water partition coefficient (Wildman–Crippen LogP) is 22.3. The van der Waals surface area contributed by atoms with Gasteiger partial charge in [-0.05, 0) is 89.9 Å². The van der Waals surface area contributed by atoms with Crippen molar-refractivity contribution in [3.05, 3.63) is 97.2 Å². The summed E-state index contributed by atoms with van der Waals surface area (Å²) < 4.78 is 23.4. The summed E-state index contributed by atoms with van der Waals surface area (Å²) in [5.41, 5.74) is 0. The van der Waals surface area contributed by atoms with E-state index in [4.69, 9.17) is 9.05 Å². The Morgan fingerprint density at radius 2 is 0.738 bits per heavy atom. The lowest BCUT2D eigenvalue weighted by Crippen LogP contribution is -2.45. The Balaban J connectivity index is 3.98. The van der Waals surface area contributed by atoms with E-state index in [1.54, 1.807) is 6.08 Å². The number of likely N-dealkylation sites (N-methyl/N-ethyl adjacent to an activating group) is 1. The fourth-order valence-electron chi connectivity index (χ4n) is 10.3. The minimum absolute atomic E-state index is 0.00999. The van der Waals surface area contributed by atoms with Crippen LogP contribution in [0, 0.1) is 0 Å². The third-order valence-corrected chi connectivity index (χ3v) is 16.7. The summed E-state index contributed by atoms with van der Waals surface area (Å²) >= 11 is 0. The predicted molar refractivity (Wildman–Crippen MR) is 366 cm³/mol. The van der Waals surface area contributed by atoms with Gasteiger partial charge >= 0.3 is 0 Å². The lowest BCUT2D eigenvalue weighted by atomic mass is 10.0. The second-order valence-corrected chi connectivity index (χ2v) is 26.6. The average Bonchev–Trinajstić information content (AvgIpc) is 3.56. The van der Waals surface area contributed by atoms with E-state index in [1.807, 2.05) is 27.2 Å². The molecule has 0 fully saturated rings. The molecule has 0 bridgehead atoms. The number of phosphoric ester groups is 1. The molecular formula is C75H137N2O6P. The van der Waals surface area contributed by atoms with Crippen molar-refractivity contribution in [3.63, 3.8) is 0 Å². The SMILES string of the molecule is CC/C=C\C/C=C\C/C=C\C/C=C\C/C=C\CCCCCCCCCCCCCCCCCCCCCCCCCCCC(=O)NC(COP(=O)([O-])OCC[N+](C)(C)C)C(O)/C=C/CC/C=C/CC/C=C/CCCCCCCCCCCCC. The molecule has 2 N–H and O–H groups in total. The minimum atomic E-state index is -4.62. The van der Waals surface area contributed by atoms with E-state index in [9.17, 15) is 19.4 Å². The first-order chi connectivity index (χ1) is 41.0. The van der Waals surface area contributed by atoms with Gasteiger partial charge in [0.2, 0.25) is 5.91 Å². The van der Waals surface area contributed by atoms with Gasteiger partial charge in [0, 0.05) is 6.42 Å². The second-order valence-electron chi connectivity index (χ2n) is 25.2. The van der Waals surface area contributed by atoms with Crippen LogP contribution in [-0.4, -0.2) is 68.5 Å². The molecule has 0 aromatic carbocycles. The van der Waals surface area contributed by atoms with Gasteiger partial charge in [-0.2, -0.15) is 0 Å². The van der Waals surface area contributed by atoms with Crippen LogP contribution < -0.4 is 10.2 Å². The molecule has 0 heterocycles. The molecule has 0 aliphatic carbocycles. The van der Waals surface area contributed by atoms with Crippen molar-refractivity contribution in [3.8, 4) is 0 Å². The first-order valence-electron chi connectivity index (χ1n) is 35.6. The van der Waals surface area contributed by atoms with Crippen LogP contribution in [0.1, 0.15) is 322 Å². The van der Waals surface area contributed by atoms with E-state index >= 15 is 0 Å². The summed E-state index contributed by atoms with van der Waals surface area (Å²) in [6.07, 6.45) is 94.1. The van der Waals surface area contributed by atoms with E-state index in [0.29, 0.717) is 17.4 Å². The van der Waals surface area contributed by atoms with Crippen LogP contribution in [0.25, 0.3) is 0 Å². The summed E-state index contributed by atoms with van der Waals surface area (Å²) in [4.78, 5) is 25.6. The minimum Gasteiger partial charge on any atom is -0.756 e. The molecule has 0 aromatic heterocycles. The molecule has 0 aromatic rings. The number of carbonyl (C=O) groups is 1. The largest absolute Gasteiger partial charge is 0.756 e. The molecule has 0 saturated heterocycles. The van der Waals surface area contributed by atoms with Crippen molar-refractivity contribution in [1.29, 1.82) is 0 Å². The molecule has 0 spiro atoms. The van der Waals surface area contributed by atoms with Crippen LogP contribution >= 0.6 is 7.82 Å². The maximum atomic E-state index is 13.0. The third-order valence-electron chi connectivity index (χ3n) is 15.8. The zero-order valence-electron chi connectivity index (χ0n) is 55.8. The maximum Gasteiger partial charge on any atom is 0.268 e. The van der Waals surface area contributed by atoms with E-state index in [0.717, 1.165) is 77.0 Å². The molecule has 1 amide bonds. The van der Waals surface area contributed by atoms with Crippen LogP contribution in [0.4, 0.5) is 0 Å². The standard InChI is InChI=1S/C75H137N2O6P/c1-6-8-10-12-14-16-18-20-22-24-26-28-29-30-31-32-33-34-35-36-37-38-39-40-41-42-43-44-45-46-47-49-51-53-55-57-59-61-63-65-67-69-75(79)76-73(72-83-84(80,81)82-71-70-77(3,4)5)74(78)68-66-64-62-60-58-56-54-52-50-48-27-25-23-21-19-17-15-13-11-9-7-2/h8,10,14,16,20,22,26,28,30-31,50,52,58,60,66,68,73-74,78H,6-7,9,11-13,15,17-19,21,23-25,27,29,32-49,51,53-57,59,61-65,67,69-72H2,1-5H3,(H-,76,79,80,81)/b10-8-,16-14-,22-20-,28-26-,31-30-,52-50+,60-58+,68-66+. The highest BCUT2D eigenvalue weighted by atomic mass is 31.2. The summed E-state index contributed by atoms with van der Waals surface area (Å²) in [6, 6.07) is -0.913. The van der Waals surface area contributed by atoms with Crippen molar-refractivity contribution in [2.45, 2.75) is 334 Å². The van der Waals surface area contributed by atoms with Crippen molar-refractivity contribution in [1.82, 2.24) is 5.32 Å². The molecule has 0 aliphatic rings. The van der Waals surface area contributed by atoms with Gasteiger partial charge in [-0.3, -0.25) is 9.36 Å². The fraction of sp³-hybridized carbons (Fsp3) is 0.773. The molecule has 0 aliphatic heterocycles. The molecule has 3 unspecified atom stereocenters. The summed E-state index contributed by atoms with van der Waals surface area (Å²) in [7, 11) is 1.24. The maximum absolute atomic E-state index is 13.0. The van der Waals surface area contributed by atoms with E-state index in [-0.39, 0.29) is 12.5 Å². The number of hydrogen-bond donors (Lipinski definition) is 2. The van der Waals surface area contributed by atoms with Gasteiger partial charge in [-0.25, -0.2) is 0 Å². The number of rotatable bonds is 65. The second kappa shape index (κ2) is 64.9. The monoisotopic (exact) mass is 1190 g/mol. The number of phosphoric acid groups is 1. The number of aliphatic hydroxyl groups is 1. The van der Waals surface area contributed by atoms with Gasteiger partial charge in [0.1, 0.15) is 13.2 Å². The number of aliphatic hydroxyl groups excluding tert-OH is 1. The molecular weight excluding hydrogens is 1060 g/mol. The van der Waals surface area contributed by atoms with Gasteiger partial charge in [-0.15, -0.1) is 0 Å². The van der Waals surface area contributed by atoms with Crippen LogP contribution in [0.2, 0.25) is 0 Å². The highest BCUT2D eigenvalue weighted by molar-refractivity contribution is 7.45. The number of hydrogen-bond acceptors (Lipinski definition) is 6. The van der Waals surface area contributed by atoms with Crippen LogP contribution in [-0.2, 0) is 18.4 Å². The van der Waals surface area contributed by atoms with Crippen molar-refractivity contribution >= 4 is 13.7 Å². The number of nitrogens with one attached hydrogen (secondary N) is 1. The summed E-state index contributed by atoms with van der Waals surface area (Å²) in [5.74, 6) is -0.208. The van der Waals surface area contributed by atoms with E-state index in [2.05, 4.69) is 104 Å². The lowest BCUT2D eigenvalue weighted by molar-refractivity contribution is -0.870. The Bertz CT molecular complexity index is 1690. The van der Waals surface area contributed by atoms with Gasteiger partial charge in [0.15, 0.2) is 0 Å². The molecule has 3 atom stereocenters. The number of amides is 1. The van der Waals surface area contributed by atoms with E-state index < -0.39 is 26.6 Å². The highest BCUT2D eigenvalue weighted by Crippen LogP contribution is 2.38. The van der Waals surface area contributed by atoms with E-state index in [1.165, 1.54) is 225 Å². The number of carbonyl (C=O) groups excluding carboxylic acids is 1. The average molecular weight is 1190 g/mol. The molecule has 0 saturated carbocycles. The Hall–Kier alpha value is -2.58. The normalized spacial score (nSPS) is 14.2. The Labute approximate surface area is 521 Å². The third kappa shape index (κ3) is 66.9. The van der Waals surface area contributed by atoms with Gasteiger partial charge in [-0.1, -0.05) is 323 Å². The molecule has 9 heteroatoms. The van der Waals surface area contributed by atoms with Crippen LogP contribution in [0.5, 0.6) is 0 Å². The number of quaternary nitrogens is 1. The zero-order valence-corrected chi connectivity index (χ0v) is 56.7. The van der Waals surface area contributed by atoms with Gasteiger partial charge < -0.3 is 28.8 Å². The highest BCUT2D eigenvalue weighted by Gasteiger charge is 2.23. The van der Waals surface area contributed by atoms with Crippen LogP contribution in [0.15, 0.2) is 97.2 Å². The Kier molecular flexibility index (Phi) is 62.9. The fourth-order valence-corrected chi connectivity index (χ4v) is 11.0. The summed E-state index contributed by atoms with van der Waals surface area (Å²) in [5, 5.41) is 13.9. The van der Waals surface area contributed by atoms with Gasteiger partial charge in [0.25, 0.3) is 7.82 Å². The number of allylic oxidation sites excluding steroid dienone is 15. The quantitative estimate of drug-likeness (QED) is 0.0272. The molecule has 0 radical (unpaired) electrons. The van der Waals surface area contributed by atoms with Crippen molar-refractivity contribution in [2.24, 2.45) is 0 Å². The molecule has 0 rings (SSSR count). The van der Waals surface area contributed by atoms with Crippen LogP contribution in [0.3, 0.4) is 0 Å². The first-order valence-corrected chi connectivity index (χ1v) is 37.1.